The van der Waals surface area contributed by atoms with E-state index in [9.17, 15) is 4.39 Å². The van der Waals surface area contributed by atoms with E-state index in [0.717, 1.165) is 12.8 Å². The van der Waals surface area contributed by atoms with E-state index in [1.54, 1.807) is 12.3 Å². The van der Waals surface area contributed by atoms with Crippen molar-refractivity contribution in [3.05, 3.63) is 65.7 Å². The van der Waals surface area contributed by atoms with Crippen LogP contribution in [0.2, 0.25) is 0 Å². The van der Waals surface area contributed by atoms with E-state index in [0.29, 0.717) is 5.56 Å². The van der Waals surface area contributed by atoms with Crippen molar-refractivity contribution in [2.45, 2.75) is 18.9 Å². The number of benzene rings is 1. The fourth-order valence-corrected chi connectivity index (χ4v) is 2.08. The van der Waals surface area contributed by atoms with E-state index in [4.69, 9.17) is 0 Å². The first-order valence-electron chi connectivity index (χ1n) is 6.12. The highest BCUT2D eigenvalue weighted by Gasteiger charge is 2.13. The molecule has 0 saturated carbocycles. The number of nitrogens with one attached hydrogen (secondary N) is 1. The predicted molar refractivity (Wildman–Crippen MR) is 70.8 cm³/mol. The molecule has 2 rings (SSSR count). The normalized spacial score (nSPS) is 12.3. The summed E-state index contributed by atoms with van der Waals surface area (Å²) in [5.41, 5.74) is 1.95. The maximum atomic E-state index is 13.6. The predicted octanol–water partition coefficient (Wildman–Crippen LogP) is 3.11. The number of rotatable bonds is 5. The Morgan fingerprint density at radius 3 is 2.67 bits per heavy atom. The third-order valence-electron chi connectivity index (χ3n) is 3.09. The van der Waals surface area contributed by atoms with Gasteiger partial charge in [-0.3, -0.25) is 4.98 Å². The maximum absolute atomic E-state index is 13.6. The van der Waals surface area contributed by atoms with Crippen molar-refractivity contribution in [3.63, 3.8) is 0 Å². The van der Waals surface area contributed by atoms with Gasteiger partial charge in [0, 0.05) is 17.8 Å². The lowest BCUT2D eigenvalue weighted by Crippen LogP contribution is -2.18. The molecule has 0 amide bonds. The van der Waals surface area contributed by atoms with Crippen LogP contribution in [0.3, 0.4) is 0 Å². The highest BCUT2D eigenvalue weighted by atomic mass is 19.1. The molecule has 18 heavy (non-hydrogen) atoms. The van der Waals surface area contributed by atoms with Gasteiger partial charge in [0.1, 0.15) is 5.82 Å². The second-order valence-electron chi connectivity index (χ2n) is 4.26. The summed E-state index contributed by atoms with van der Waals surface area (Å²) in [6.07, 6.45) is 4.68. The van der Waals surface area contributed by atoms with Gasteiger partial charge in [-0.15, -0.1) is 0 Å². The number of nitrogens with zero attached hydrogens (tertiary/aromatic N) is 1. The van der Waals surface area contributed by atoms with Gasteiger partial charge in [-0.2, -0.15) is 0 Å². The Labute approximate surface area is 107 Å². The largest absolute Gasteiger partial charge is 0.313 e. The lowest BCUT2D eigenvalue weighted by atomic mass is 9.99. The molecule has 0 aliphatic carbocycles. The monoisotopic (exact) mass is 244 g/mol. The number of pyridine rings is 1. The van der Waals surface area contributed by atoms with Crippen LogP contribution >= 0.6 is 0 Å². The van der Waals surface area contributed by atoms with E-state index >= 15 is 0 Å². The molecule has 0 saturated heterocycles. The number of aromatic nitrogens is 1. The van der Waals surface area contributed by atoms with Crippen LogP contribution in [-0.4, -0.2) is 12.0 Å². The second kappa shape index (κ2) is 6.26. The summed E-state index contributed by atoms with van der Waals surface area (Å²) in [6, 6.07) is 12.0. The average molecular weight is 244 g/mol. The zero-order chi connectivity index (χ0) is 12.8. The molecule has 94 valence electrons. The van der Waals surface area contributed by atoms with E-state index in [1.165, 1.54) is 11.8 Å². The molecule has 0 spiro atoms. The van der Waals surface area contributed by atoms with Gasteiger partial charge in [-0.25, -0.2) is 4.39 Å². The second-order valence-corrected chi connectivity index (χ2v) is 4.26. The molecular formula is C15H17FN2. The molecule has 3 heteroatoms. The first-order valence-corrected chi connectivity index (χ1v) is 6.12. The standard InChI is InChI=1S/C15H17FN2/c1-17-15(13-9-10-18-11-14(13)16)8-7-12-5-3-2-4-6-12/h2-6,9-11,15,17H,7-8H2,1H3. The first kappa shape index (κ1) is 12.7. The topological polar surface area (TPSA) is 24.9 Å². The molecule has 0 aliphatic heterocycles. The van der Waals surface area contributed by atoms with Crippen LogP contribution in [0.25, 0.3) is 0 Å². The summed E-state index contributed by atoms with van der Waals surface area (Å²) in [6.45, 7) is 0. The van der Waals surface area contributed by atoms with Crippen molar-refractivity contribution >= 4 is 0 Å². The van der Waals surface area contributed by atoms with Crippen LogP contribution in [-0.2, 0) is 6.42 Å². The molecule has 1 aromatic heterocycles. The molecule has 0 radical (unpaired) electrons. The Bertz CT molecular complexity index is 485. The van der Waals surface area contributed by atoms with Crippen LogP contribution in [0.4, 0.5) is 4.39 Å². The highest BCUT2D eigenvalue weighted by molar-refractivity contribution is 5.19. The van der Waals surface area contributed by atoms with Gasteiger partial charge in [0.05, 0.1) is 6.20 Å². The number of hydrogen-bond donors (Lipinski definition) is 1. The smallest absolute Gasteiger partial charge is 0.146 e. The maximum Gasteiger partial charge on any atom is 0.146 e. The summed E-state index contributed by atoms with van der Waals surface area (Å²) in [5.74, 6) is -0.245. The molecular weight excluding hydrogens is 227 g/mol. The van der Waals surface area contributed by atoms with Gasteiger partial charge in [0.2, 0.25) is 0 Å². The summed E-state index contributed by atoms with van der Waals surface area (Å²) in [4.78, 5) is 3.78. The minimum absolute atomic E-state index is 0.0215. The highest BCUT2D eigenvalue weighted by Crippen LogP contribution is 2.20. The fourth-order valence-electron chi connectivity index (χ4n) is 2.08. The van der Waals surface area contributed by atoms with Gasteiger partial charge in [-0.1, -0.05) is 30.3 Å². The third-order valence-corrected chi connectivity index (χ3v) is 3.09. The van der Waals surface area contributed by atoms with Crippen LogP contribution in [0.15, 0.2) is 48.8 Å². The summed E-state index contributed by atoms with van der Waals surface area (Å²) < 4.78 is 13.6. The molecule has 1 N–H and O–H groups in total. The number of hydrogen-bond acceptors (Lipinski definition) is 2. The van der Waals surface area contributed by atoms with Gasteiger partial charge in [0.25, 0.3) is 0 Å². The van der Waals surface area contributed by atoms with Gasteiger partial charge >= 0.3 is 0 Å². The van der Waals surface area contributed by atoms with Crippen molar-refractivity contribution in [2.75, 3.05) is 7.05 Å². The zero-order valence-corrected chi connectivity index (χ0v) is 10.4. The van der Waals surface area contributed by atoms with Crippen LogP contribution in [0.1, 0.15) is 23.6 Å². The minimum Gasteiger partial charge on any atom is -0.313 e. The molecule has 1 atom stereocenters. The molecule has 1 heterocycles. The Hall–Kier alpha value is -1.74. The summed E-state index contributed by atoms with van der Waals surface area (Å²) in [5, 5.41) is 3.16. The molecule has 0 bridgehead atoms. The van der Waals surface area contributed by atoms with Gasteiger partial charge < -0.3 is 5.32 Å². The van der Waals surface area contributed by atoms with Crippen LogP contribution in [0.5, 0.6) is 0 Å². The van der Waals surface area contributed by atoms with Gasteiger partial charge in [0.15, 0.2) is 0 Å². The number of halogens is 1. The Morgan fingerprint density at radius 1 is 1.22 bits per heavy atom. The minimum atomic E-state index is -0.245. The van der Waals surface area contributed by atoms with Crippen molar-refractivity contribution in [1.82, 2.24) is 10.3 Å². The van der Waals surface area contributed by atoms with E-state index in [-0.39, 0.29) is 11.9 Å². The molecule has 0 fully saturated rings. The van der Waals surface area contributed by atoms with Crippen molar-refractivity contribution in [3.8, 4) is 0 Å². The molecule has 1 unspecified atom stereocenters. The molecule has 2 aromatic rings. The summed E-state index contributed by atoms with van der Waals surface area (Å²) >= 11 is 0. The van der Waals surface area contributed by atoms with Crippen LogP contribution < -0.4 is 5.32 Å². The molecule has 0 aliphatic rings. The quantitative estimate of drug-likeness (QED) is 0.874. The van der Waals surface area contributed by atoms with E-state index < -0.39 is 0 Å². The summed E-state index contributed by atoms with van der Waals surface area (Å²) in [7, 11) is 1.86. The van der Waals surface area contributed by atoms with Gasteiger partial charge in [-0.05, 0) is 31.5 Å². The van der Waals surface area contributed by atoms with E-state index in [2.05, 4.69) is 22.4 Å². The van der Waals surface area contributed by atoms with Crippen molar-refractivity contribution in [2.24, 2.45) is 0 Å². The van der Waals surface area contributed by atoms with Crippen LogP contribution in [0, 0.1) is 5.82 Å². The Kier molecular flexibility index (Phi) is 4.42. The fraction of sp³-hybridized carbons (Fsp3) is 0.267. The van der Waals surface area contributed by atoms with Crippen molar-refractivity contribution in [1.29, 1.82) is 0 Å². The Balaban J connectivity index is 2.04. The van der Waals surface area contributed by atoms with E-state index in [1.807, 2.05) is 25.2 Å². The zero-order valence-electron chi connectivity index (χ0n) is 10.4. The Morgan fingerprint density at radius 2 is 2.00 bits per heavy atom. The van der Waals surface area contributed by atoms with Crippen molar-refractivity contribution < 1.29 is 4.39 Å². The first-order chi connectivity index (χ1) is 8.81. The SMILES string of the molecule is CNC(CCc1ccccc1)c1ccncc1F. The lowest BCUT2D eigenvalue weighted by molar-refractivity contribution is 0.506. The lowest BCUT2D eigenvalue weighted by Gasteiger charge is -2.17. The molecule has 1 aromatic carbocycles. The average Bonchev–Trinajstić information content (AvgIpc) is 2.42. The number of aryl methyl sites for hydroxylation is 1. The molecule has 2 nitrogen and oxygen atoms in total. The third kappa shape index (κ3) is 3.14.